The molecular formula is C24H33N3O3. The average molecular weight is 412 g/mol. The summed E-state index contributed by atoms with van der Waals surface area (Å²) in [6.45, 7) is 4.28. The first-order valence-electron chi connectivity index (χ1n) is 11.4. The number of urea groups is 1. The molecule has 0 aromatic heterocycles. The van der Waals surface area contributed by atoms with Crippen molar-refractivity contribution in [3.05, 3.63) is 35.4 Å². The van der Waals surface area contributed by atoms with Gasteiger partial charge in [-0.15, -0.1) is 0 Å². The minimum Gasteiger partial charge on any atom is -0.353 e. The highest BCUT2D eigenvalue weighted by Gasteiger charge is 2.54. The normalized spacial score (nSPS) is 23.5. The van der Waals surface area contributed by atoms with E-state index in [0.29, 0.717) is 19.4 Å². The average Bonchev–Trinajstić information content (AvgIpc) is 3.31. The topological polar surface area (TPSA) is 78.5 Å². The Morgan fingerprint density at radius 2 is 1.77 bits per heavy atom. The zero-order chi connectivity index (χ0) is 21.4. The van der Waals surface area contributed by atoms with E-state index >= 15 is 0 Å². The molecule has 2 N–H and O–H groups in total. The Bertz CT molecular complexity index is 838. The largest absolute Gasteiger partial charge is 0.353 e. The van der Waals surface area contributed by atoms with Gasteiger partial charge in [-0.2, -0.15) is 0 Å². The van der Waals surface area contributed by atoms with Crippen LogP contribution in [-0.4, -0.2) is 40.9 Å². The van der Waals surface area contributed by atoms with Gasteiger partial charge in [0.15, 0.2) is 0 Å². The van der Waals surface area contributed by atoms with Gasteiger partial charge in [0.05, 0.1) is 0 Å². The Balaban J connectivity index is 1.47. The van der Waals surface area contributed by atoms with Gasteiger partial charge in [0.2, 0.25) is 5.91 Å². The molecule has 4 rings (SSSR count). The van der Waals surface area contributed by atoms with Crippen LogP contribution in [0, 0.1) is 6.92 Å². The minimum atomic E-state index is -0.810. The van der Waals surface area contributed by atoms with Gasteiger partial charge in [-0.3, -0.25) is 9.59 Å². The molecule has 1 aromatic carbocycles. The molecule has 3 aliphatic rings. The molecule has 1 aliphatic heterocycles. The van der Waals surface area contributed by atoms with Crippen LogP contribution in [0.5, 0.6) is 0 Å². The molecule has 1 saturated heterocycles. The highest BCUT2D eigenvalue weighted by molar-refractivity contribution is 6.09. The van der Waals surface area contributed by atoms with E-state index in [2.05, 4.69) is 41.8 Å². The number of amides is 4. The maximum Gasteiger partial charge on any atom is 0.325 e. The van der Waals surface area contributed by atoms with Crippen molar-refractivity contribution in [2.24, 2.45) is 0 Å². The number of hydrogen-bond donors (Lipinski definition) is 2. The standard InChI is InChI=1S/C24H33N3O3/c1-17-9-8-10-19(15-17)23(11-4-3-5-12-23)16-25-20(28)18(2)27-21(29)24(26-22(27)30)13-6-7-14-24/h8-10,15,18H,3-7,11-14,16H2,1-2H3,(H,25,28)(H,26,30). The molecule has 162 valence electrons. The van der Waals surface area contributed by atoms with Crippen LogP contribution in [0.15, 0.2) is 24.3 Å². The second-order valence-corrected chi connectivity index (χ2v) is 9.50. The van der Waals surface area contributed by atoms with Crippen LogP contribution in [0.2, 0.25) is 0 Å². The molecule has 1 heterocycles. The first-order valence-corrected chi connectivity index (χ1v) is 11.4. The Labute approximate surface area is 178 Å². The molecule has 30 heavy (non-hydrogen) atoms. The van der Waals surface area contributed by atoms with E-state index in [1.54, 1.807) is 6.92 Å². The maximum atomic E-state index is 13.0. The van der Waals surface area contributed by atoms with Crippen molar-refractivity contribution in [3.8, 4) is 0 Å². The van der Waals surface area contributed by atoms with Crippen molar-refractivity contribution in [1.29, 1.82) is 0 Å². The van der Waals surface area contributed by atoms with Crippen LogP contribution in [0.1, 0.15) is 75.8 Å². The van der Waals surface area contributed by atoms with Crippen molar-refractivity contribution in [2.75, 3.05) is 6.54 Å². The molecule has 0 bridgehead atoms. The maximum absolute atomic E-state index is 13.0. The van der Waals surface area contributed by atoms with Crippen LogP contribution in [0.25, 0.3) is 0 Å². The lowest BCUT2D eigenvalue weighted by atomic mass is 9.69. The number of carbonyl (C=O) groups excluding carboxylic acids is 3. The van der Waals surface area contributed by atoms with E-state index in [1.807, 2.05) is 0 Å². The monoisotopic (exact) mass is 411 g/mol. The summed E-state index contributed by atoms with van der Waals surface area (Å²) in [5, 5.41) is 5.96. The summed E-state index contributed by atoms with van der Waals surface area (Å²) in [5.74, 6) is -0.495. The number of nitrogens with one attached hydrogen (secondary N) is 2. The summed E-state index contributed by atoms with van der Waals surface area (Å²) in [6, 6.07) is 7.32. The van der Waals surface area contributed by atoms with Crippen molar-refractivity contribution in [1.82, 2.24) is 15.5 Å². The molecule has 6 heteroatoms. The third kappa shape index (κ3) is 3.61. The Morgan fingerprint density at radius 3 is 2.43 bits per heavy atom. The fraction of sp³-hybridized carbons (Fsp3) is 0.625. The fourth-order valence-electron chi connectivity index (χ4n) is 5.60. The predicted octanol–water partition coefficient (Wildman–Crippen LogP) is 3.57. The lowest BCUT2D eigenvalue weighted by Crippen LogP contribution is -2.52. The molecule has 1 atom stereocenters. The summed E-state index contributed by atoms with van der Waals surface area (Å²) in [6.07, 6.45) is 8.79. The molecule has 3 fully saturated rings. The molecule has 6 nitrogen and oxygen atoms in total. The molecule has 2 saturated carbocycles. The SMILES string of the molecule is Cc1cccc(C2(CNC(=O)C(C)N3C(=O)NC4(CCCC4)C3=O)CCCCC2)c1. The van der Waals surface area contributed by atoms with Gasteiger partial charge >= 0.3 is 6.03 Å². The van der Waals surface area contributed by atoms with Crippen LogP contribution in [0.3, 0.4) is 0 Å². The Morgan fingerprint density at radius 1 is 1.10 bits per heavy atom. The Kier molecular flexibility index (Phi) is 5.60. The van der Waals surface area contributed by atoms with Crippen molar-refractivity contribution < 1.29 is 14.4 Å². The number of hydrogen-bond acceptors (Lipinski definition) is 3. The highest BCUT2D eigenvalue weighted by atomic mass is 16.2. The van der Waals surface area contributed by atoms with Gasteiger partial charge in [0.1, 0.15) is 11.6 Å². The van der Waals surface area contributed by atoms with Gasteiger partial charge in [-0.05, 0) is 45.1 Å². The summed E-state index contributed by atoms with van der Waals surface area (Å²) in [7, 11) is 0. The predicted molar refractivity (Wildman–Crippen MR) is 115 cm³/mol. The fourth-order valence-corrected chi connectivity index (χ4v) is 5.60. The van der Waals surface area contributed by atoms with E-state index in [9.17, 15) is 14.4 Å². The first-order chi connectivity index (χ1) is 14.4. The van der Waals surface area contributed by atoms with E-state index in [1.165, 1.54) is 17.5 Å². The van der Waals surface area contributed by atoms with Gasteiger partial charge < -0.3 is 10.6 Å². The van der Waals surface area contributed by atoms with E-state index in [-0.39, 0.29) is 17.2 Å². The quantitative estimate of drug-likeness (QED) is 0.727. The highest BCUT2D eigenvalue weighted by Crippen LogP contribution is 2.39. The van der Waals surface area contributed by atoms with Gasteiger partial charge in [0.25, 0.3) is 5.91 Å². The van der Waals surface area contributed by atoms with Crippen LogP contribution in [-0.2, 0) is 15.0 Å². The third-order valence-electron chi connectivity index (χ3n) is 7.46. The van der Waals surface area contributed by atoms with Crippen molar-refractivity contribution in [2.45, 2.75) is 88.6 Å². The second kappa shape index (κ2) is 8.05. The molecule has 1 unspecified atom stereocenters. The Hall–Kier alpha value is -2.37. The zero-order valence-corrected chi connectivity index (χ0v) is 18.1. The summed E-state index contributed by atoms with van der Waals surface area (Å²) < 4.78 is 0. The third-order valence-corrected chi connectivity index (χ3v) is 7.46. The lowest BCUT2D eigenvalue weighted by Gasteiger charge is -2.38. The minimum absolute atomic E-state index is 0.0798. The summed E-state index contributed by atoms with van der Waals surface area (Å²) in [5.41, 5.74) is 1.63. The van der Waals surface area contributed by atoms with E-state index < -0.39 is 17.6 Å². The zero-order valence-electron chi connectivity index (χ0n) is 18.1. The van der Waals surface area contributed by atoms with E-state index in [4.69, 9.17) is 0 Å². The van der Waals surface area contributed by atoms with Gasteiger partial charge in [-0.25, -0.2) is 9.69 Å². The molecule has 1 spiro atoms. The van der Waals surface area contributed by atoms with Crippen LogP contribution >= 0.6 is 0 Å². The van der Waals surface area contributed by atoms with Crippen molar-refractivity contribution >= 4 is 17.8 Å². The van der Waals surface area contributed by atoms with Crippen LogP contribution < -0.4 is 10.6 Å². The van der Waals surface area contributed by atoms with Gasteiger partial charge in [-0.1, -0.05) is 61.9 Å². The number of imide groups is 1. The molecule has 1 aromatic rings. The van der Waals surface area contributed by atoms with Crippen molar-refractivity contribution in [3.63, 3.8) is 0 Å². The number of benzene rings is 1. The first kappa shape index (κ1) is 20.9. The molecular weight excluding hydrogens is 378 g/mol. The second-order valence-electron chi connectivity index (χ2n) is 9.50. The van der Waals surface area contributed by atoms with Crippen LogP contribution in [0.4, 0.5) is 4.79 Å². The molecule has 2 aliphatic carbocycles. The summed E-state index contributed by atoms with van der Waals surface area (Å²) >= 11 is 0. The number of nitrogens with zero attached hydrogens (tertiary/aromatic N) is 1. The number of carbonyl (C=O) groups is 3. The summed E-state index contributed by atoms with van der Waals surface area (Å²) in [4.78, 5) is 39.7. The van der Waals surface area contributed by atoms with E-state index in [0.717, 1.165) is 43.4 Å². The lowest BCUT2D eigenvalue weighted by molar-refractivity contribution is -0.137. The molecule has 4 amide bonds. The number of aryl methyl sites for hydroxylation is 1. The van der Waals surface area contributed by atoms with Gasteiger partial charge in [0, 0.05) is 12.0 Å². The number of rotatable bonds is 5. The smallest absolute Gasteiger partial charge is 0.325 e. The molecule has 0 radical (unpaired) electrons.